The van der Waals surface area contributed by atoms with Crippen molar-refractivity contribution < 1.29 is 13.2 Å². The topological polar surface area (TPSA) is 43.4 Å². The molecule has 3 rings (SSSR count). The zero-order valence-corrected chi connectivity index (χ0v) is 17.7. The standard InChI is InChI=1S/C23H30O3S/c1-5-6-7-8-9-10-11-26-21-15-20-19-12-16(2)17(3)13-22(19)27(24,25)23(20)14-18(21)4/h12-15H,5-11H2,1-4H3. The van der Waals surface area contributed by atoms with Crippen molar-refractivity contribution in [1.29, 1.82) is 0 Å². The number of sulfone groups is 1. The number of rotatable bonds is 8. The monoisotopic (exact) mass is 386 g/mol. The Kier molecular flexibility index (Phi) is 5.95. The van der Waals surface area contributed by atoms with Gasteiger partial charge < -0.3 is 4.74 Å². The van der Waals surface area contributed by atoms with Crippen molar-refractivity contribution in [2.24, 2.45) is 0 Å². The van der Waals surface area contributed by atoms with Crippen molar-refractivity contribution in [3.05, 3.63) is 41.0 Å². The zero-order chi connectivity index (χ0) is 19.6. The van der Waals surface area contributed by atoms with Gasteiger partial charge in [0.05, 0.1) is 16.4 Å². The van der Waals surface area contributed by atoms with Crippen LogP contribution in [0.3, 0.4) is 0 Å². The molecular weight excluding hydrogens is 356 g/mol. The molecule has 27 heavy (non-hydrogen) atoms. The predicted octanol–water partition coefficient (Wildman–Crippen LogP) is 6.16. The molecule has 3 nitrogen and oxygen atoms in total. The lowest BCUT2D eigenvalue weighted by atomic mass is 9.99. The first-order valence-corrected chi connectivity index (χ1v) is 11.5. The highest BCUT2D eigenvalue weighted by atomic mass is 32.2. The molecule has 0 amide bonds. The second kappa shape index (κ2) is 8.05. The maximum atomic E-state index is 12.9. The van der Waals surface area contributed by atoms with Crippen LogP contribution in [0.25, 0.3) is 11.1 Å². The number of benzene rings is 2. The van der Waals surface area contributed by atoms with Crippen molar-refractivity contribution in [2.75, 3.05) is 6.61 Å². The molecule has 0 spiro atoms. The number of aryl methyl sites for hydroxylation is 3. The summed E-state index contributed by atoms with van der Waals surface area (Å²) in [5, 5.41) is 0. The summed E-state index contributed by atoms with van der Waals surface area (Å²) in [7, 11) is -3.44. The fourth-order valence-electron chi connectivity index (χ4n) is 3.66. The first-order chi connectivity index (χ1) is 12.9. The van der Waals surface area contributed by atoms with Gasteiger partial charge in [0, 0.05) is 11.1 Å². The molecule has 1 heterocycles. The second-order valence-electron chi connectivity index (χ2n) is 7.67. The quantitative estimate of drug-likeness (QED) is 0.435. The van der Waals surface area contributed by atoms with Crippen LogP contribution in [0, 0.1) is 20.8 Å². The first-order valence-electron chi connectivity index (χ1n) is 10.0. The summed E-state index contributed by atoms with van der Waals surface area (Å²) >= 11 is 0. The Labute approximate surface area is 163 Å². The lowest BCUT2D eigenvalue weighted by Crippen LogP contribution is -2.01. The molecule has 0 atom stereocenters. The molecule has 0 N–H and O–H groups in total. The molecule has 0 unspecified atom stereocenters. The second-order valence-corrected chi connectivity index (χ2v) is 9.55. The van der Waals surface area contributed by atoms with Crippen LogP contribution in [0.4, 0.5) is 0 Å². The lowest BCUT2D eigenvalue weighted by Gasteiger charge is -2.11. The summed E-state index contributed by atoms with van der Waals surface area (Å²) < 4.78 is 31.9. The molecule has 0 radical (unpaired) electrons. The van der Waals surface area contributed by atoms with Gasteiger partial charge in [-0.1, -0.05) is 39.0 Å². The van der Waals surface area contributed by atoms with Crippen molar-refractivity contribution in [3.63, 3.8) is 0 Å². The van der Waals surface area contributed by atoms with Crippen molar-refractivity contribution in [2.45, 2.75) is 76.0 Å². The van der Waals surface area contributed by atoms with Gasteiger partial charge in [-0.3, -0.25) is 0 Å². The van der Waals surface area contributed by atoms with Crippen molar-refractivity contribution >= 4 is 9.84 Å². The van der Waals surface area contributed by atoms with Crippen LogP contribution in [0.5, 0.6) is 5.75 Å². The summed E-state index contributed by atoms with van der Waals surface area (Å²) in [4.78, 5) is 0.833. The summed E-state index contributed by atoms with van der Waals surface area (Å²) in [6, 6.07) is 7.47. The van der Waals surface area contributed by atoms with E-state index in [4.69, 9.17) is 4.74 Å². The van der Waals surface area contributed by atoms with E-state index in [9.17, 15) is 8.42 Å². The number of fused-ring (bicyclic) bond motifs is 3. The highest BCUT2D eigenvalue weighted by Gasteiger charge is 2.34. The molecule has 0 bridgehead atoms. The molecule has 1 aliphatic heterocycles. The minimum absolute atomic E-state index is 0.409. The Bertz CT molecular complexity index is 943. The summed E-state index contributed by atoms with van der Waals surface area (Å²) in [6.45, 7) is 8.80. The SMILES string of the molecule is CCCCCCCCOc1cc2c(cc1C)S(=O)(=O)c1cc(C)c(C)cc1-2. The predicted molar refractivity (Wildman–Crippen MR) is 110 cm³/mol. The highest BCUT2D eigenvalue weighted by molar-refractivity contribution is 7.92. The number of ether oxygens (including phenoxy) is 1. The van der Waals surface area contributed by atoms with Crippen molar-refractivity contribution in [3.8, 4) is 16.9 Å². The molecule has 4 heteroatoms. The minimum atomic E-state index is -3.44. The Morgan fingerprint density at radius 2 is 1.30 bits per heavy atom. The van der Waals surface area contributed by atoms with Gasteiger partial charge in [-0.25, -0.2) is 8.42 Å². The summed E-state index contributed by atoms with van der Waals surface area (Å²) in [5.74, 6) is 0.795. The Morgan fingerprint density at radius 1 is 0.741 bits per heavy atom. The van der Waals surface area contributed by atoms with E-state index >= 15 is 0 Å². The molecule has 0 aromatic heterocycles. The van der Waals surface area contributed by atoms with E-state index in [0.717, 1.165) is 40.0 Å². The lowest BCUT2D eigenvalue weighted by molar-refractivity contribution is 0.302. The first kappa shape index (κ1) is 19.9. The molecule has 0 saturated carbocycles. The number of unbranched alkanes of at least 4 members (excludes halogenated alkanes) is 5. The van der Waals surface area contributed by atoms with Crippen LogP contribution < -0.4 is 4.74 Å². The van der Waals surface area contributed by atoms with Crippen LogP contribution in [-0.4, -0.2) is 15.0 Å². The van der Waals surface area contributed by atoms with Gasteiger partial charge in [0.1, 0.15) is 5.75 Å². The molecular formula is C23H30O3S. The van der Waals surface area contributed by atoms with Crippen molar-refractivity contribution in [1.82, 2.24) is 0 Å². The van der Waals surface area contributed by atoms with Gasteiger partial charge in [0.25, 0.3) is 0 Å². The molecule has 2 aromatic rings. The van der Waals surface area contributed by atoms with Gasteiger partial charge in [-0.05, 0) is 68.1 Å². The molecule has 0 fully saturated rings. The Morgan fingerprint density at radius 3 is 2.00 bits per heavy atom. The zero-order valence-electron chi connectivity index (χ0n) is 16.9. The minimum Gasteiger partial charge on any atom is -0.493 e. The van der Waals surface area contributed by atoms with E-state index in [1.807, 2.05) is 32.9 Å². The third-order valence-corrected chi connectivity index (χ3v) is 7.33. The smallest absolute Gasteiger partial charge is 0.207 e. The van der Waals surface area contributed by atoms with Crippen LogP contribution in [0.2, 0.25) is 0 Å². The van der Waals surface area contributed by atoms with Gasteiger partial charge in [-0.2, -0.15) is 0 Å². The molecule has 1 aliphatic rings. The average molecular weight is 387 g/mol. The van der Waals surface area contributed by atoms with E-state index in [0.29, 0.717) is 16.4 Å². The van der Waals surface area contributed by atoms with Crippen LogP contribution in [0.15, 0.2) is 34.1 Å². The fourth-order valence-corrected chi connectivity index (χ4v) is 5.47. The number of hydrogen-bond donors (Lipinski definition) is 0. The fraction of sp³-hybridized carbons (Fsp3) is 0.478. The van der Waals surface area contributed by atoms with E-state index in [-0.39, 0.29) is 0 Å². The normalized spacial score (nSPS) is 14.1. The maximum Gasteiger partial charge on any atom is 0.207 e. The summed E-state index contributed by atoms with van der Waals surface area (Å²) in [6.07, 6.45) is 7.32. The van der Waals surface area contributed by atoms with Gasteiger partial charge in [-0.15, -0.1) is 0 Å². The van der Waals surface area contributed by atoms with Gasteiger partial charge >= 0.3 is 0 Å². The maximum absolute atomic E-state index is 12.9. The van der Waals surface area contributed by atoms with Gasteiger partial charge in [0.15, 0.2) is 0 Å². The van der Waals surface area contributed by atoms with Crippen LogP contribution in [-0.2, 0) is 9.84 Å². The van der Waals surface area contributed by atoms with E-state index in [1.165, 1.54) is 32.1 Å². The molecule has 0 saturated heterocycles. The average Bonchev–Trinajstić information content (AvgIpc) is 2.82. The third-order valence-electron chi connectivity index (χ3n) is 5.50. The summed E-state index contributed by atoms with van der Waals surface area (Å²) in [5.41, 5.74) is 4.56. The molecule has 2 aromatic carbocycles. The number of hydrogen-bond acceptors (Lipinski definition) is 3. The Balaban J connectivity index is 1.80. The molecule has 146 valence electrons. The van der Waals surface area contributed by atoms with E-state index in [1.54, 1.807) is 12.1 Å². The van der Waals surface area contributed by atoms with E-state index < -0.39 is 9.84 Å². The third kappa shape index (κ3) is 3.91. The van der Waals surface area contributed by atoms with Crippen LogP contribution >= 0.6 is 0 Å². The Hall–Kier alpha value is -1.81. The van der Waals surface area contributed by atoms with Gasteiger partial charge in [0.2, 0.25) is 9.84 Å². The van der Waals surface area contributed by atoms with Crippen LogP contribution in [0.1, 0.15) is 62.1 Å². The largest absolute Gasteiger partial charge is 0.493 e. The van der Waals surface area contributed by atoms with E-state index in [2.05, 4.69) is 6.92 Å². The highest BCUT2D eigenvalue weighted by Crippen LogP contribution is 2.46. The molecule has 0 aliphatic carbocycles.